The van der Waals surface area contributed by atoms with Crippen molar-refractivity contribution in [2.45, 2.75) is 20.8 Å². The summed E-state index contributed by atoms with van der Waals surface area (Å²) in [5.41, 5.74) is 1.27. The molecule has 1 heterocycles. The van der Waals surface area contributed by atoms with E-state index < -0.39 is 0 Å². The molecule has 0 aliphatic carbocycles. The number of nitrogens with one attached hydrogen (secondary N) is 1. The second-order valence-corrected chi connectivity index (χ2v) is 2.28. The van der Waals surface area contributed by atoms with Gasteiger partial charge in [0.25, 0.3) is 0 Å². The molecule has 0 aliphatic rings. The molecule has 0 atom stereocenters. The summed E-state index contributed by atoms with van der Waals surface area (Å²) in [7, 11) is 0. The monoisotopic (exact) mass is 365 g/mol. The van der Waals surface area contributed by atoms with Gasteiger partial charge in [0, 0.05) is 19.5 Å². The summed E-state index contributed by atoms with van der Waals surface area (Å²) >= 11 is 0. The van der Waals surface area contributed by atoms with Crippen LogP contribution in [-0.2, 0) is 39.0 Å². The normalized spacial score (nSPS) is 9.50. The summed E-state index contributed by atoms with van der Waals surface area (Å²) in [4.78, 5) is 2.74. The van der Waals surface area contributed by atoms with Gasteiger partial charge < -0.3 is 4.98 Å². The van der Waals surface area contributed by atoms with E-state index >= 15 is 0 Å². The number of allylic oxidation sites excluding steroid dienone is 4. The van der Waals surface area contributed by atoms with Gasteiger partial charge in [-0.25, -0.2) is 11.6 Å². The van der Waals surface area contributed by atoms with Gasteiger partial charge in [-0.15, -0.1) is 20.0 Å². The van der Waals surface area contributed by atoms with Crippen LogP contribution in [0.5, 0.6) is 0 Å². The van der Waals surface area contributed by atoms with Crippen molar-refractivity contribution in [2.24, 2.45) is 0 Å². The first-order valence-corrected chi connectivity index (χ1v) is 3.94. The maximum absolute atomic E-state index is 2.93. The first-order chi connectivity index (χ1) is 5.81. The first kappa shape index (κ1) is 19.6. The average Bonchev–Trinajstić information content (AvgIpc) is 2.62. The first-order valence-electron chi connectivity index (χ1n) is 3.94. The van der Waals surface area contributed by atoms with Gasteiger partial charge in [0.1, 0.15) is 0 Å². The molecule has 0 unspecified atom stereocenters. The summed E-state index contributed by atoms with van der Waals surface area (Å²) in [5.74, 6) is 0. The molecule has 0 saturated carbocycles. The standard InChI is InChI=1S/C7H11.C4H4N.2Ru/c1-4-6-7(3)5-2;1-2-4-5-3-1;;/h5-6H,1-3H3;1-3,5H;;/q2*-1;;+2. The van der Waals surface area contributed by atoms with E-state index in [2.05, 4.69) is 30.3 Å². The molecule has 0 fully saturated rings. The van der Waals surface area contributed by atoms with Gasteiger partial charge in [-0.2, -0.15) is 24.4 Å². The number of hydrogen-bond acceptors (Lipinski definition) is 0. The van der Waals surface area contributed by atoms with Crippen LogP contribution in [0.3, 0.4) is 0 Å². The molecule has 0 saturated heterocycles. The molecule has 0 spiro atoms. The van der Waals surface area contributed by atoms with E-state index in [1.165, 1.54) is 5.57 Å². The summed E-state index contributed by atoms with van der Waals surface area (Å²) in [6.07, 6.45) is 11.5. The number of H-pyrrole nitrogens is 1. The van der Waals surface area contributed by atoms with Crippen LogP contribution in [0.25, 0.3) is 0 Å². The zero-order valence-corrected chi connectivity index (χ0v) is 12.1. The van der Waals surface area contributed by atoms with Crippen LogP contribution in [0.1, 0.15) is 20.8 Å². The Hall–Kier alpha value is 0.00675. The molecule has 0 amide bonds. The Bertz CT molecular complexity index is 208. The van der Waals surface area contributed by atoms with E-state index in [0.29, 0.717) is 0 Å². The smallest absolute Gasteiger partial charge is 0.484 e. The summed E-state index contributed by atoms with van der Waals surface area (Å²) in [5, 5.41) is 0. The third kappa shape index (κ3) is 14.5. The van der Waals surface area contributed by atoms with Crippen molar-refractivity contribution in [3.8, 4) is 0 Å². The van der Waals surface area contributed by atoms with Crippen LogP contribution >= 0.6 is 0 Å². The predicted molar refractivity (Wildman–Crippen MR) is 52.5 cm³/mol. The van der Waals surface area contributed by atoms with Gasteiger partial charge in [-0.05, 0) is 0 Å². The minimum atomic E-state index is 0. The van der Waals surface area contributed by atoms with Crippen molar-refractivity contribution in [1.82, 2.24) is 4.98 Å². The van der Waals surface area contributed by atoms with Crippen LogP contribution in [0.4, 0.5) is 0 Å². The minimum Gasteiger partial charge on any atom is -0.484 e. The molecule has 1 N–H and O–H groups in total. The van der Waals surface area contributed by atoms with Crippen LogP contribution in [-0.4, -0.2) is 4.98 Å². The van der Waals surface area contributed by atoms with Gasteiger partial charge >= 0.3 is 19.5 Å². The molecule has 0 aromatic carbocycles. The molecule has 0 radical (unpaired) electrons. The van der Waals surface area contributed by atoms with Crippen molar-refractivity contribution < 1.29 is 39.0 Å². The molecule has 1 nitrogen and oxygen atoms in total. The Morgan fingerprint density at radius 1 is 1.50 bits per heavy atom. The second-order valence-electron chi connectivity index (χ2n) is 2.28. The van der Waals surface area contributed by atoms with Crippen molar-refractivity contribution in [3.05, 3.63) is 48.3 Å². The molecule has 1 aromatic rings. The Balaban J connectivity index is -0.000000155. The minimum absolute atomic E-state index is 0. The van der Waals surface area contributed by atoms with Gasteiger partial charge in [-0.1, -0.05) is 6.92 Å². The van der Waals surface area contributed by atoms with Crippen LogP contribution in [0.2, 0.25) is 0 Å². The fraction of sp³-hybridized carbons (Fsp3) is 0.273. The maximum Gasteiger partial charge on any atom is 2.00 e. The third-order valence-electron chi connectivity index (χ3n) is 1.27. The Morgan fingerprint density at radius 2 is 2.14 bits per heavy atom. The molecule has 14 heavy (non-hydrogen) atoms. The maximum atomic E-state index is 2.93. The quantitative estimate of drug-likeness (QED) is 0.448. The van der Waals surface area contributed by atoms with Gasteiger partial charge in [0.05, 0.1) is 0 Å². The molecule has 1 rings (SSSR count). The van der Waals surface area contributed by atoms with Crippen LogP contribution in [0, 0.1) is 12.3 Å². The zero-order chi connectivity index (χ0) is 9.23. The van der Waals surface area contributed by atoms with Crippen LogP contribution < -0.4 is 0 Å². The van der Waals surface area contributed by atoms with Crippen molar-refractivity contribution in [2.75, 3.05) is 0 Å². The summed E-state index contributed by atoms with van der Waals surface area (Å²) < 4.78 is 0. The van der Waals surface area contributed by atoms with E-state index in [-0.39, 0.29) is 39.0 Å². The fourth-order valence-electron chi connectivity index (χ4n) is 0.552. The SMILES string of the molecule is C[C-]=CC(C)=CC.[Ru+2].[Ru].[c-]1ccc[nH]1. The van der Waals surface area contributed by atoms with E-state index in [1.807, 2.05) is 38.3 Å². The van der Waals surface area contributed by atoms with Gasteiger partial charge in [0.2, 0.25) is 0 Å². The largest absolute Gasteiger partial charge is 2.00 e. The molecule has 3 heteroatoms. The van der Waals surface area contributed by atoms with Crippen molar-refractivity contribution >= 4 is 0 Å². The Morgan fingerprint density at radius 3 is 2.29 bits per heavy atom. The fourth-order valence-corrected chi connectivity index (χ4v) is 0.552. The van der Waals surface area contributed by atoms with E-state index in [4.69, 9.17) is 0 Å². The summed E-state index contributed by atoms with van der Waals surface area (Å²) in [6, 6.07) is 3.71. The van der Waals surface area contributed by atoms with E-state index in [9.17, 15) is 0 Å². The molecular formula is C11H15NRu2. The van der Waals surface area contributed by atoms with Gasteiger partial charge in [0.15, 0.2) is 0 Å². The molecule has 1 aromatic heterocycles. The average molecular weight is 363 g/mol. The Labute approximate surface area is 113 Å². The summed E-state index contributed by atoms with van der Waals surface area (Å²) in [6.45, 7) is 5.96. The molecule has 0 aliphatic heterocycles. The van der Waals surface area contributed by atoms with Gasteiger partial charge in [-0.3, -0.25) is 6.08 Å². The molecule has 80 valence electrons. The topological polar surface area (TPSA) is 15.8 Å². The Kier molecular flexibility index (Phi) is 21.6. The second kappa shape index (κ2) is 15.5. The van der Waals surface area contributed by atoms with Crippen LogP contribution in [0.15, 0.2) is 36.1 Å². The number of hydrogen-bond donors (Lipinski definition) is 1. The number of rotatable bonds is 1. The zero-order valence-electron chi connectivity index (χ0n) is 8.59. The number of aromatic amines is 1. The number of aromatic nitrogens is 1. The van der Waals surface area contributed by atoms with Crippen molar-refractivity contribution in [3.63, 3.8) is 0 Å². The predicted octanol–water partition coefficient (Wildman–Crippen LogP) is 3.14. The van der Waals surface area contributed by atoms with E-state index in [1.54, 1.807) is 0 Å². The van der Waals surface area contributed by atoms with Crippen molar-refractivity contribution in [1.29, 1.82) is 0 Å². The van der Waals surface area contributed by atoms with E-state index in [0.717, 1.165) is 0 Å². The molecule has 0 bridgehead atoms. The third-order valence-corrected chi connectivity index (χ3v) is 1.27. The molecular weight excluding hydrogens is 348 g/mol.